The van der Waals surface area contributed by atoms with E-state index in [9.17, 15) is 0 Å². The maximum atomic E-state index is 4.53. The molecular formula is C20H30IN7. The summed E-state index contributed by atoms with van der Waals surface area (Å²) in [5.41, 5.74) is 1.31. The van der Waals surface area contributed by atoms with E-state index in [0.29, 0.717) is 5.92 Å². The van der Waals surface area contributed by atoms with Crippen LogP contribution in [0.5, 0.6) is 0 Å². The van der Waals surface area contributed by atoms with Crippen LogP contribution in [0.3, 0.4) is 0 Å². The fraction of sp³-hybridized carbons (Fsp3) is 0.550. The molecule has 1 N–H and O–H groups in total. The van der Waals surface area contributed by atoms with Crippen molar-refractivity contribution in [1.29, 1.82) is 0 Å². The van der Waals surface area contributed by atoms with Crippen LogP contribution in [-0.4, -0.2) is 65.4 Å². The van der Waals surface area contributed by atoms with E-state index >= 15 is 0 Å². The molecule has 0 radical (unpaired) electrons. The van der Waals surface area contributed by atoms with Gasteiger partial charge in [-0.2, -0.15) is 0 Å². The number of hydrogen-bond donors (Lipinski definition) is 1. The topological polar surface area (TPSA) is 61.6 Å². The molecule has 1 aromatic heterocycles. The number of fused-ring (bicyclic) bond motifs is 1. The fourth-order valence-electron chi connectivity index (χ4n) is 4.08. The standard InChI is InChI=1S/C20H29N7.HI/c1-16-23-24-19-9-8-17(15-27(16)19)14-22-20(21-2)26-12-10-25(11-13-26)18-6-4-3-5-7-18;/h3-7,17H,8-15H2,1-2H3,(H,21,22);1H. The van der Waals surface area contributed by atoms with Crippen molar-refractivity contribution in [3.63, 3.8) is 0 Å². The van der Waals surface area contributed by atoms with Gasteiger partial charge in [0.15, 0.2) is 5.96 Å². The summed E-state index contributed by atoms with van der Waals surface area (Å²) < 4.78 is 2.26. The Morgan fingerprint density at radius 1 is 1.14 bits per heavy atom. The summed E-state index contributed by atoms with van der Waals surface area (Å²) in [5, 5.41) is 12.1. The molecule has 4 rings (SSSR count). The van der Waals surface area contributed by atoms with Crippen molar-refractivity contribution in [2.75, 3.05) is 44.7 Å². The molecule has 0 aliphatic carbocycles. The van der Waals surface area contributed by atoms with E-state index in [0.717, 1.165) is 69.7 Å². The predicted molar refractivity (Wildman–Crippen MR) is 124 cm³/mol. The molecule has 1 aromatic carbocycles. The number of guanidine groups is 1. The fourth-order valence-corrected chi connectivity index (χ4v) is 4.08. The zero-order valence-electron chi connectivity index (χ0n) is 16.7. The highest BCUT2D eigenvalue weighted by atomic mass is 127. The molecule has 152 valence electrons. The molecule has 8 heteroatoms. The second-order valence-electron chi connectivity index (χ2n) is 7.42. The van der Waals surface area contributed by atoms with Crippen molar-refractivity contribution in [2.45, 2.75) is 26.3 Å². The first kappa shape index (κ1) is 20.9. The molecule has 28 heavy (non-hydrogen) atoms. The summed E-state index contributed by atoms with van der Waals surface area (Å²) in [6.07, 6.45) is 2.17. The number of rotatable bonds is 3. The van der Waals surface area contributed by atoms with Crippen LogP contribution in [0.1, 0.15) is 18.1 Å². The molecule has 0 spiro atoms. The summed E-state index contributed by atoms with van der Waals surface area (Å²) in [5.74, 6) is 3.77. The number of aliphatic imine (C=N–C) groups is 1. The minimum absolute atomic E-state index is 0. The van der Waals surface area contributed by atoms with E-state index in [1.807, 2.05) is 14.0 Å². The van der Waals surface area contributed by atoms with Crippen molar-refractivity contribution in [1.82, 2.24) is 25.0 Å². The number of benzene rings is 1. The summed E-state index contributed by atoms with van der Waals surface area (Å²) >= 11 is 0. The number of aromatic nitrogens is 3. The van der Waals surface area contributed by atoms with Crippen molar-refractivity contribution in [2.24, 2.45) is 10.9 Å². The Morgan fingerprint density at radius 3 is 2.61 bits per heavy atom. The molecule has 2 aliphatic heterocycles. The summed E-state index contributed by atoms with van der Waals surface area (Å²) in [4.78, 5) is 9.35. The Balaban J connectivity index is 0.00000225. The van der Waals surface area contributed by atoms with E-state index in [4.69, 9.17) is 0 Å². The lowest BCUT2D eigenvalue weighted by molar-refractivity contribution is 0.339. The molecule has 7 nitrogen and oxygen atoms in total. The minimum Gasteiger partial charge on any atom is -0.368 e. The van der Waals surface area contributed by atoms with E-state index < -0.39 is 0 Å². The van der Waals surface area contributed by atoms with E-state index in [-0.39, 0.29) is 24.0 Å². The van der Waals surface area contributed by atoms with Gasteiger partial charge < -0.3 is 19.7 Å². The third-order valence-corrected chi connectivity index (χ3v) is 5.69. The van der Waals surface area contributed by atoms with Crippen LogP contribution in [0, 0.1) is 12.8 Å². The molecule has 3 heterocycles. The summed E-state index contributed by atoms with van der Waals surface area (Å²) in [6, 6.07) is 10.7. The van der Waals surface area contributed by atoms with Crippen LogP contribution in [0.15, 0.2) is 35.3 Å². The second-order valence-corrected chi connectivity index (χ2v) is 7.42. The minimum atomic E-state index is 0. The summed E-state index contributed by atoms with van der Waals surface area (Å²) in [7, 11) is 1.88. The number of halogens is 1. The Hall–Kier alpha value is -1.84. The highest BCUT2D eigenvalue weighted by molar-refractivity contribution is 14.0. The zero-order chi connectivity index (χ0) is 18.6. The average Bonchev–Trinajstić information content (AvgIpc) is 3.10. The smallest absolute Gasteiger partial charge is 0.193 e. The molecule has 0 saturated carbocycles. The zero-order valence-corrected chi connectivity index (χ0v) is 19.0. The first-order valence-corrected chi connectivity index (χ1v) is 9.89. The second kappa shape index (κ2) is 9.58. The maximum absolute atomic E-state index is 4.53. The average molecular weight is 495 g/mol. The normalized spacial score (nSPS) is 19.8. The van der Waals surface area contributed by atoms with Crippen LogP contribution in [0.2, 0.25) is 0 Å². The summed E-state index contributed by atoms with van der Waals surface area (Å²) in [6.45, 7) is 8.02. The molecule has 1 fully saturated rings. The van der Waals surface area contributed by atoms with Crippen LogP contribution in [0.25, 0.3) is 0 Å². The Bertz CT molecular complexity index is 781. The van der Waals surface area contributed by atoms with Crippen LogP contribution in [-0.2, 0) is 13.0 Å². The van der Waals surface area contributed by atoms with Gasteiger partial charge in [0.1, 0.15) is 11.6 Å². The Kier molecular flexibility index (Phi) is 7.14. The molecule has 0 amide bonds. The van der Waals surface area contributed by atoms with Gasteiger partial charge >= 0.3 is 0 Å². The molecule has 2 aromatic rings. The largest absolute Gasteiger partial charge is 0.368 e. The first-order valence-electron chi connectivity index (χ1n) is 9.89. The predicted octanol–water partition coefficient (Wildman–Crippen LogP) is 2.16. The van der Waals surface area contributed by atoms with Gasteiger partial charge in [-0.05, 0) is 31.4 Å². The molecule has 0 bridgehead atoms. The Labute approximate surface area is 184 Å². The van der Waals surface area contributed by atoms with Crippen molar-refractivity contribution >= 4 is 35.6 Å². The van der Waals surface area contributed by atoms with Gasteiger partial charge in [-0.15, -0.1) is 34.2 Å². The lowest BCUT2D eigenvalue weighted by atomic mass is 9.99. The van der Waals surface area contributed by atoms with E-state index in [1.54, 1.807) is 0 Å². The molecule has 1 unspecified atom stereocenters. The van der Waals surface area contributed by atoms with Gasteiger partial charge in [0.25, 0.3) is 0 Å². The number of nitrogens with one attached hydrogen (secondary N) is 1. The van der Waals surface area contributed by atoms with Gasteiger partial charge in [0.2, 0.25) is 0 Å². The third-order valence-electron chi connectivity index (χ3n) is 5.69. The first-order chi connectivity index (χ1) is 13.2. The van der Waals surface area contributed by atoms with Gasteiger partial charge in [0.05, 0.1) is 0 Å². The van der Waals surface area contributed by atoms with Gasteiger partial charge in [-0.1, -0.05) is 18.2 Å². The number of anilines is 1. The quantitative estimate of drug-likeness (QED) is 0.402. The van der Waals surface area contributed by atoms with Crippen molar-refractivity contribution < 1.29 is 0 Å². The lowest BCUT2D eigenvalue weighted by Crippen LogP contribution is -2.53. The molecule has 1 atom stereocenters. The molecular weight excluding hydrogens is 465 g/mol. The highest BCUT2D eigenvalue weighted by Crippen LogP contribution is 2.19. The number of aryl methyl sites for hydroxylation is 2. The van der Waals surface area contributed by atoms with Crippen molar-refractivity contribution in [3.05, 3.63) is 42.0 Å². The SMILES string of the molecule is CN=C(NCC1CCc2nnc(C)n2C1)N1CCN(c2ccccc2)CC1.I. The van der Waals surface area contributed by atoms with Gasteiger partial charge in [0, 0.05) is 58.4 Å². The van der Waals surface area contributed by atoms with Gasteiger partial charge in [-0.3, -0.25) is 4.99 Å². The lowest BCUT2D eigenvalue weighted by Gasteiger charge is -2.38. The van der Waals surface area contributed by atoms with E-state index in [1.165, 1.54) is 5.69 Å². The molecule has 2 aliphatic rings. The van der Waals surface area contributed by atoms with Crippen LogP contribution in [0.4, 0.5) is 5.69 Å². The van der Waals surface area contributed by atoms with Crippen LogP contribution < -0.4 is 10.2 Å². The van der Waals surface area contributed by atoms with Gasteiger partial charge in [-0.25, -0.2) is 0 Å². The Morgan fingerprint density at radius 2 is 1.89 bits per heavy atom. The molecule has 1 saturated heterocycles. The third kappa shape index (κ3) is 4.59. The maximum Gasteiger partial charge on any atom is 0.193 e. The number of hydrogen-bond acceptors (Lipinski definition) is 4. The monoisotopic (exact) mass is 495 g/mol. The van der Waals surface area contributed by atoms with E-state index in [2.05, 4.69) is 65.2 Å². The number of nitrogens with zero attached hydrogens (tertiary/aromatic N) is 6. The number of piperazine rings is 1. The van der Waals surface area contributed by atoms with Crippen LogP contribution >= 0.6 is 24.0 Å². The highest BCUT2D eigenvalue weighted by Gasteiger charge is 2.23. The van der Waals surface area contributed by atoms with Crippen molar-refractivity contribution in [3.8, 4) is 0 Å². The number of para-hydroxylation sites is 1.